The number of hydrogen-bond acceptors (Lipinski definition) is 8. The molecule has 1 aromatic carbocycles. The second kappa shape index (κ2) is 12.0. The average molecular weight is 570 g/mol. The quantitative estimate of drug-likeness (QED) is 0.308. The summed E-state index contributed by atoms with van der Waals surface area (Å²) in [4.78, 5) is 38.3. The number of nitrogens with zero attached hydrogens (tertiary/aromatic N) is 7. The third kappa shape index (κ3) is 5.61. The summed E-state index contributed by atoms with van der Waals surface area (Å²) in [5, 5.41) is 0. The van der Waals surface area contributed by atoms with Crippen LogP contribution in [0, 0.1) is 6.57 Å². The van der Waals surface area contributed by atoms with E-state index >= 15 is 0 Å². The topological polar surface area (TPSA) is 79.1 Å². The van der Waals surface area contributed by atoms with E-state index in [2.05, 4.69) is 52.5 Å². The van der Waals surface area contributed by atoms with Gasteiger partial charge in [0.05, 0.1) is 5.52 Å². The van der Waals surface area contributed by atoms with Crippen molar-refractivity contribution in [3.8, 4) is 17.1 Å². The molecule has 3 aliphatic rings. The highest BCUT2D eigenvalue weighted by Gasteiger charge is 2.33. The molecule has 0 aliphatic carbocycles. The molecule has 0 spiro atoms. The highest BCUT2D eigenvalue weighted by molar-refractivity contribution is 7.99. The number of likely N-dealkylation sites (N-methyl/N-ethyl adjacent to an activating group) is 1. The van der Waals surface area contributed by atoms with Crippen molar-refractivity contribution in [2.45, 2.75) is 42.7 Å². The summed E-state index contributed by atoms with van der Waals surface area (Å²) >= 11 is 1.92. The molecule has 3 aromatic rings. The lowest BCUT2D eigenvalue weighted by Crippen LogP contribution is -2.56. The van der Waals surface area contributed by atoms with Crippen LogP contribution in [0.25, 0.3) is 27.0 Å². The van der Waals surface area contributed by atoms with Crippen LogP contribution < -0.4 is 9.64 Å². The molecule has 3 aliphatic heterocycles. The lowest BCUT2D eigenvalue weighted by Gasteiger charge is -2.39. The first-order valence-electron chi connectivity index (χ1n) is 14.3. The maximum Gasteiger partial charge on any atom is 0.319 e. The van der Waals surface area contributed by atoms with Gasteiger partial charge in [-0.2, -0.15) is 9.97 Å². The third-order valence-electron chi connectivity index (χ3n) is 8.39. The first kappa shape index (κ1) is 27.5. The van der Waals surface area contributed by atoms with Gasteiger partial charge in [-0.05, 0) is 74.4 Å². The summed E-state index contributed by atoms with van der Waals surface area (Å²) in [7, 11) is 2.13. The molecule has 0 radical (unpaired) electrons. The van der Waals surface area contributed by atoms with Crippen LogP contribution in [-0.2, 0) is 11.2 Å². The number of amides is 1. The molecule has 6 rings (SSSR count). The van der Waals surface area contributed by atoms with Gasteiger partial charge < -0.3 is 24.3 Å². The summed E-state index contributed by atoms with van der Waals surface area (Å²) in [6.45, 7) is 14.4. The van der Waals surface area contributed by atoms with Crippen LogP contribution in [0.1, 0.15) is 24.8 Å². The van der Waals surface area contributed by atoms with Crippen LogP contribution >= 0.6 is 11.8 Å². The number of fused-ring (bicyclic) bond motifs is 2. The minimum Gasteiger partial charge on any atom is -0.462 e. The maximum atomic E-state index is 12.5. The highest BCUT2D eigenvalue weighted by atomic mass is 32.2. The number of aromatic nitrogens is 3. The summed E-state index contributed by atoms with van der Waals surface area (Å²) in [6, 6.07) is 9.02. The molecular formula is C31H35N7O2S. The molecule has 41 heavy (non-hydrogen) atoms. The minimum atomic E-state index is -0.263. The minimum absolute atomic E-state index is 0.150. The van der Waals surface area contributed by atoms with Crippen molar-refractivity contribution >= 4 is 34.5 Å². The number of likely N-dealkylation sites (tertiary alicyclic amines) is 1. The second-order valence-electron chi connectivity index (χ2n) is 10.9. The van der Waals surface area contributed by atoms with Gasteiger partial charge in [-0.15, -0.1) is 11.8 Å². The van der Waals surface area contributed by atoms with Crippen molar-refractivity contribution in [2.75, 3.05) is 57.0 Å². The molecule has 2 saturated heterocycles. The van der Waals surface area contributed by atoms with Gasteiger partial charge in [0.1, 0.15) is 18.2 Å². The number of hydrogen-bond donors (Lipinski definition) is 0. The largest absolute Gasteiger partial charge is 0.462 e. The Kier molecular flexibility index (Phi) is 8.08. The Morgan fingerprint density at radius 3 is 2.95 bits per heavy atom. The predicted molar refractivity (Wildman–Crippen MR) is 162 cm³/mol. The van der Waals surface area contributed by atoms with Crippen LogP contribution in [0.5, 0.6) is 6.01 Å². The monoisotopic (exact) mass is 569 g/mol. The molecule has 0 N–H and O–H groups in total. The van der Waals surface area contributed by atoms with Gasteiger partial charge in [0.25, 0.3) is 0 Å². The van der Waals surface area contributed by atoms with E-state index in [9.17, 15) is 4.79 Å². The Bertz CT molecular complexity index is 1510. The maximum absolute atomic E-state index is 12.5. The average Bonchev–Trinajstić information content (AvgIpc) is 3.43. The fourth-order valence-corrected chi connectivity index (χ4v) is 7.22. The van der Waals surface area contributed by atoms with Crippen molar-refractivity contribution in [3.05, 3.63) is 60.1 Å². The number of benzene rings is 1. The molecule has 0 bridgehead atoms. The molecule has 10 heteroatoms. The molecule has 2 aromatic heterocycles. The van der Waals surface area contributed by atoms with Gasteiger partial charge in [-0.3, -0.25) is 9.78 Å². The first-order chi connectivity index (χ1) is 20.1. The third-order valence-corrected chi connectivity index (χ3v) is 9.57. The zero-order valence-electron chi connectivity index (χ0n) is 23.5. The van der Waals surface area contributed by atoms with Gasteiger partial charge >= 0.3 is 6.01 Å². The number of ether oxygens (including phenoxy) is 1. The standard InChI is InChI=1S/C31H35N7O2S/c1-4-28(39)38-14-13-37(19-23(38)18-32-2)30-29-26(34-31(35-30)40-20-22-8-6-12-36(22)3)16-21(17-33-29)24-9-5-11-27-25(24)10-7-15-41-27/h4-5,9,11,16-17,22-23H,1,6-8,10,12-15,18-20H2,3H3/t22-,23-/m0/s1. The number of piperazine rings is 1. The number of rotatable bonds is 7. The SMILES string of the molecule is [C-]#[N+]C[C@H]1CN(c2nc(OC[C@@H]3CCCN3C)nc3cc(-c4cccc5c4CCCS5)cnc23)CCN1C(=O)C=C. The number of carbonyl (C=O) groups is 1. The molecule has 2 fully saturated rings. The van der Waals surface area contributed by atoms with Crippen LogP contribution in [0.15, 0.2) is 48.0 Å². The molecule has 0 saturated carbocycles. The van der Waals surface area contributed by atoms with Gasteiger partial charge in [0, 0.05) is 42.3 Å². The zero-order valence-corrected chi connectivity index (χ0v) is 24.3. The Morgan fingerprint density at radius 2 is 2.15 bits per heavy atom. The number of anilines is 1. The van der Waals surface area contributed by atoms with E-state index < -0.39 is 0 Å². The van der Waals surface area contributed by atoms with Crippen LogP contribution in [0.4, 0.5) is 5.82 Å². The first-order valence-corrected chi connectivity index (χ1v) is 15.3. The van der Waals surface area contributed by atoms with Gasteiger partial charge in [0.2, 0.25) is 12.5 Å². The van der Waals surface area contributed by atoms with E-state index in [4.69, 9.17) is 26.3 Å². The summed E-state index contributed by atoms with van der Waals surface area (Å²) in [5.41, 5.74) is 5.05. The molecule has 212 valence electrons. The lowest BCUT2D eigenvalue weighted by molar-refractivity contribution is -0.128. The molecule has 5 heterocycles. The molecule has 2 atom stereocenters. The Labute approximate surface area is 245 Å². The van der Waals surface area contributed by atoms with Gasteiger partial charge in [0.15, 0.2) is 5.82 Å². The number of carbonyl (C=O) groups excluding carboxylic acids is 1. The summed E-state index contributed by atoms with van der Waals surface area (Å²) in [6.07, 6.45) is 7.73. The van der Waals surface area contributed by atoms with Crippen LogP contribution in [-0.4, -0.2) is 94.9 Å². The fourth-order valence-electron chi connectivity index (χ4n) is 6.15. The van der Waals surface area contributed by atoms with Gasteiger partial charge in [-0.25, -0.2) is 6.57 Å². The van der Waals surface area contributed by atoms with Crippen LogP contribution in [0.2, 0.25) is 0 Å². The Balaban J connectivity index is 1.38. The van der Waals surface area contributed by atoms with E-state index in [-0.39, 0.29) is 18.5 Å². The highest BCUT2D eigenvalue weighted by Crippen LogP contribution is 2.38. The van der Waals surface area contributed by atoms with E-state index in [0.717, 1.165) is 42.6 Å². The Hall–Kier alpha value is -3.68. The lowest BCUT2D eigenvalue weighted by atomic mass is 9.97. The summed E-state index contributed by atoms with van der Waals surface area (Å²) in [5.74, 6) is 1.69. The summed E-state index contributed by atoms with van der Waals surface area (Å²) < 4.78 is 6.24. The molecule has 1 amide bonds. The zero-order chi connectivity index (χ0) is 28.3. The number of pyridine rings is 1. The number of thioether (sulfide) groups is 1. The molecule has 0 unspecified atom stereocenters. The van der Waals surface area contributed by atoms with Crippen molar-refractivity contribution in [1.82, 2.24) is 24.8 Å². The van der Waals surface area contributed by atoms with Gasteiger partial charge in [-0.1, -0.05) is 18.7 Å². The predicted octanol–water partition coefficient (Wildman–Crippen LogP) is 4.33. The van der Waals surface area contributed by atoms with Crippen molar-refractivity contribution in [3.63, 3.8) is 0 Å². The molecule has 9 nitrogen and oxygen atoms in total. The van der Waals surface area contributed by atoms with E-state index in [1.165, 1.54) is 28.5 Å². The second-order valence-corrected chi connectivity index (χ2v) is 12.1. The van der Waals surface area contributed by atoms with Crippen molar-refractivity contribution in [1.29, 1.82) is 0 Å². The Morgan fingerprint density at radius 1 is 1.24 bits per heavy atom. The van der Waals surface area contributed by atoms with E-state index in [0.29, 0.717) is 49.6 Å². The normalized spacial score (nSPS) is 21.0. The fraction of sp³-hybridized carbons (Fsp3) is 0.452. The smallest absolute Gasteiger partial charge is 0.319 e. The molecular weight excluding hydrogens is 534 g/mol. The van der Waals surface area contributed by atoms with Crippen molar-refractivity contribution < 1.29 is 9.53 Å². The van der Waals surface area contributed by atoms with E-state index in [1.54, 1.807) is 4.90 Å². The van der Waals surface area contributed by atoms with Crippen LogP contribution in [0.3, 0.4) is 0 Å². The van der Waals surface area contributed by atoms with Crippen molar-refractivity contribution in [2.24, 2.45) is 0 Å². The van der Waals surface area contributed by atoms with E-state index in [1.807, 2.05) is 18.0 Å².